The van der Waals surface area contributed by atoms with Gasteiger partial charge in [-0.1, -0.05) is 12.1 Å². The van der Waals surface area contributed by atoms with E-state index in [2.05, 4.69) is 10.3 Å². The van der Waals surface area contributed by atoms with Gasteiger partial charge in [-0.05, 0) is 22.8 Å². The molecule has 0 bridgehead atoms. The Morgan fingerprint density at radius 1 is 1.30 bits per heavy atom. The monoisotopic (exact) mass is 312 g/mol. The maximum absolute atomic E-state index is 12.0. The number of carbonyl (C=O) groups excluding carboxylic acids is 1. The van der Waals surface area contributed by atoms with Gasteiger partial charge in [0.2, 0.25) is 5.91 Å². The first kappa shape index (κ1) is 15.1. The smallest absolute Gasteiger partial charge is 0.269 e. The van der Waals surface area contributed by atoms with Crippen LogP contribution in [-0.2, 0) is 24.4 Å². The predicted molar refractivity (Wildman–Crippen MR) is 83.3 cm³/mol. The van der Waals surface area contributed by atoms with Gasteiger partial charge < -0.3 is 5.32 Å². The van der Waals surface area contributed by atoms with E-state index < -0.39 is 4.92 Å². The Labute approximate surface area is 133 Å². The zero-order chi connectivity index (χ0) is 16.2. The van der Waals surface area contributed by atoms with Gasteiger partial charge in [0.1, 0.15) is 0 Å². The molecular formula is C16H16N4O3. The lowest BCUT2D eigenvalue weighted by Gasteiger charge is -2.14. The van der Waals surface area contributed by atoms with Gasteiger partial charge in [-0.15, -0.1) is 0 Å². The van der Waals surface area contributed by atoms with E-state index in [1.165, 1.54) is 6.07 Å². The molecule has 0 saturated heterocycles. The van der Waals surface area contributed by atoms with Gasteiger partial charge in [0, 0.05) is 44.2 Å². The Hall–Kier alpha value is -2.80. The van der Waals surface area contributed by atoms with Crippen LogP contribution in [0.3, 0.4) is 0 Å². The molecule has 1 aliphatic heterocycles. The van der Waals surface area contributed by atoms with Crippen molar-refractivity contribution in [2.75, 3.05) is 6.54 Å². The highest BCUT2D eigenvalue weighted by molar-refractivity contribution is 5.78. The summed E-state index contributed by atoms with van der Waals surface area (Å²) in [5.41, 5.74) is 2.99. The van der Waals surface area contributed by atoms with Gasteiger partial charge in [-0.25, -0.2) is 0 Å². The molecule has 0 radical (unpaired) electrons. The number of hydrogen-bond acceptors (Lipinski definition) is 5. The van der Waals surface area contributed by atoms with Crippen molar-refractivity contribution in [2.24, 2.45) is 0 Å². The molecule has 0 fully saturated rings. The molecule has 0 spiro atoms. The van der Waals surface area contributed by atoms with Crippen LogP contribution >= 0.6 is 0 Å². The number of carbonyl (C=O) groups is 1. The van der Waals surface area contributed by atoms with Crippen LogP contribution in [0.25, 0.3) is 0 Å². The molecule has 0 aliphatic carbocycles. The zero-order valence-electron chi connectivity index (χ0n) is 12.4. The van der Waals surface area contributed by atoms with E-state index in [9.17, 15) is 14.9 Å². The molecule has 0 saturated carbocycles. The van der Waals surface area contributed by atoms with Gasteiger partial charge in [0.15, 0.2) is 0 Å². The van der Waals surface area contributed by atoms with E-state index in [0.29, 0.717) is 19.6 Å². The number of nitrogens with zero attached hydrogens (tertiary/aromatic N) is 3. The van der Waals surface area contributed by atoms with E-state index in [1.807, 2.05) is 17.0 Å². The Morgan fingerprint density at radius 2 is 2.13 bits per heavy atom. The van der Waals surface area contributed by atoms with E-state index in [0.717, 1.165) is 16.7 Å². The molecule has 0 unspecified atom stereocenters. The number of benzene rings is 1. The van der Waals surface area contributed by atoms with Crippen molar-refractivity contribution in [3.63, 3.8) is 0 Å². The van der Waals surface area contributed by atoms with Gasteiger partial charge in [-0.3, -0.25) is 24.8 Å². The molecule has 3 rings (SSSR count). The van der Waals surface area contributed by atoms with Crippen molar-refractivity contribution in [1.29, 1.82) is 0 Å². The van der Waals surface area contributed by atoms with Crippen LogP contribution in [0.15, 0.2) is 42.7 Å². The molecule has 23 heavy (non-hydrogen) atoms. The lowest BCUT2D eigenvalue weighted by atomic mass is 10.1. The largest absolute Gasteiger partial charge is 0.351 e. The highest BCUT2D eigenvalue weighted by Gasteiger charge is 2.22. The number of nitro groups is 1. The summed E-state index contributed by atoms with van der Waals surface area (Å²) in [5.74, 6) is -0.0730. The van der Waals surface area contributed by atoms with Crippen molar-refractivity contribution in [3.8, 4) is 0 Å². The number of rotatable bonds is 5. The standard InChI is InChI=1S/C16H16N4O3/c21-16(18-8-12-2-1-5-17-7-12)11-19-9-13-3-4-15(20(22)23)6-14(13)10-19/h1-7H,8-11H2,(H,18,21). The number of hydrogen-bond donors (Lipinski definition) is 1. The molecule has 1 aliphatic rings. The molecule has 118 valence electrons. The Balaban J connectivity index is 1.53. The average Bonchev–Trinajstić information content (AvgIpc) is 2.95. The van der Waals surface area contributed by atoms with Crippen molar-refractivity contribution in [3.05, 3.63) is 69.5 Å². The van der Waals surface area contributed by atoms with E-state index in [1.54, 1.807) is 24.5 Å². The van der Waals surface area contributed by atoms with E-state index in [-0.39, 0.29) is 18.1 Å². The number of non-ortho nitro benzene ring substituents is 1. The molecule has 1 amide bonds. The molecular weight excluding hydrogens is 296 g/mol. The van der Waals surface area contributed by atoms with Crippen LogP contribution in [0.1, 0.15) is 16.7 Å². The Kier molecular flexibility index (Phi) is 4.29. The van der Waals surface area contributed by atoms with Crippen LogP contribution in [0.2, 0.25) is 0 Å². The minimum absolute atomic E-state index is 0.0730. The lowest BCUT2D eigenvalue weighted by molar-refractivity contribution is -0.384. The molecule has 2 aromatic rings. The quantitative estimate of drug-likeness (QED) is 0.669. The third-order valence-corrected chi connectivity index (χ3v) is 3.77. The maximum atomic E-state index is 12.0. The highest BCUT2D eigenvalue weighted by Crippen LogP contribution is 2.26. The lowest BCUT2D eigenvalue weighted by Crippen LogP contribution is -2.34. The summed E-state index contributed by atoms with van der Waals surface area (Å²) >= 11 is 0. The van der Waals surface area contributed by atoms with Crippen LogP contribution in [0.5, 0.6) is 0 Å². The molecule has 7 nitrogen and oxygen atoms in total. The third kappa shape index (κ3) is 3.70. The fraction of sp³-hybridized carbons (Fsp3) is 0.250. The SMILES string of the molecule is O=C(CN1Cc2ccc([N+](=O)[O-])cc2C1)NCc1cccnc1. The molecule has 1 aromatic heterocycles. The fourth-order valence-corrected chi connectivity index (χ4v) is 2.64. The molecule has 1 aromatic carbocycles. The molecule has 0 atom stereocenters. The van der Waals surface area contributed by atoms with Gasteiger partial charge >= 0.3 is 0 Å². The second-order valence-corrected chi connectivity index (χ2v) is 5.49. The molecule has 1 N–H and O–H groups in total. The summed E-state index contributed by atoms with van der Waals surface area (Å²) in [6.45, 7) is 1.90. The van der Waals surface area contributed by atoms with Crippen LogP contribution in [0, 0.1) is 10.1 Å². The summed E-state index contributed by atoms with van der Waals surface area (Å²) in [7, 11) is 0. The summed E-state index contributed by atoms with van der Waals surface area (Å²) in [4.78, 5) is 28.4. The van der Waals surface area contributed by atoms with Crippen LogP contribution in [-0.4, -0.2) is 27.3 Å². The second-order valence-electron chi connectivity index (χ2n) is 5.49. The van der Waals surface area contributed by atoms with Gasteiger partial charge in [-0.2, -0.15) is 0 Å². The predicted octanol–water partition coefficient (Wildman–Crippen LogP) is 1.62. The number of nitro benzene ring substituents is 1. The van der Waals surface area contributed by atoms with E-state index >= 15 is 0 Å². The first-order valence-corrected chi connectivity index (χ1v) is 7.26. The van der Waals surface area contributed by atoms with Gasteiger partial charge in [0.25, 0.3) is 5.69 Å². The topological polar surface area (TPSA) is 88.4 Å². The first-order chi connectivity index (χ1) is 11.1. The first-order valence-electron chi connectivity index (χ1n) is 7.26. The zero-order valence-corrected chi connectivity index (χ0v) is 12.4. The number of pyridine rings is 1. The number of aromatic nitrogens is 1. The maximum Gasteiger partial charge on any atom is 0.269 e. The second kappa shape index (κ2) is 6.53. The Bertz CT molecular complexity index is 733. The minimum Gasteiger partial charge on any atom is -0.351 e. The van der Waals surface area contributed by atoms with Crippen molar-refractivity contribution in [1.82, 2.24) is 15.2 Å². The molecule has 7 heteroatoms. The summed E-state index contributed by atoms with van der Waals surface area (Å²) < 4.78 is 0. The normalized spacial score (nSPS) is 13.6. The van der Waals surface area contributed by atoms with Gasteiger partial charge in [0.05, 0.1) is 11.5 Å². The Morgan fingerprint density at radius 3 is 2.87 bits per heavy atom. The van der Waals surface area contributed by atoms with Crippen molar-refractivity contribution in [2.45, 2.75) is 19.6 Å². The fourth-order valence-electron chi connectivity index (χ4n) is 2.64. The number of nitrogens with one attached hydrogen (secondary N) is 1. The molecule has 2 heterocycles. The summed E-state index contributed by atoms with van der Waals surface area (Å²) in [6, 6.07) is 8.58. The minimum atomic E-state index is -0.399. The highest BCUT2D eigenvalue weighted by atomic mass is 16.6. The van der Waals surface area contributed by atoms with Crippen molar-refractivity contribution < 1.29 is 9.72 Å². The number of fused-ring (bicyclic) bond motifs is 1. The van der Waals surface area contributed by atoms with E-state index in [4.69, 9.17) is 0 Å². The van der Waals surface area contributed by atoms with Crippen LogP contribution in [0.4, 0.5) is 5.69 Å². The average molecular weight is 312 g/mol. The van der Waals surface area contributed by atoms with Crippen LogP contribution < -0.4 is 5.32 Å². The third-order valence-electron chi connectivity index (χ3n) is 3.77. The summed E-state index contributed by atoms with van der Waals surface area (Å²) in [6.07, 6.45) is 3.40. The number of amides is 1. The summed E-state index contributed by atoms with van der Waals surface area (Å²) in [5, 5.41) is 13.7. The van der Waals surface area contributed by atoms with Crippen molar-refractivity contribution >= 4 is 11.6 Å².